The number of halogens is 2. The van der Waals surface area contributed by atoms with Crippen LogP contribution in [-0.2, 0) is 6.54 Å². The third-order valence-corrected chi connectivity index (χ3v) is 3.49. The van der Waals surface area contributed by atoms with Gasteiger partial charge in [-0.3, -0.25) is 4.68 Å². The van der Waals surface area contributed by atoms with Crippen molar-refractivity contribution in [3.05, 3.63) is 66.2 Å². The van der Waals surface area contributed by atoms with E-state index in [9.17, 15) is 8.78 Å². The predicted octanol–water partition coefficient (Wildman–Crippen LogP) is 3.41. The lowest BCUT2D eigenvalue weighted by Crippen LogP contribution is -2.01. The lowest BCUT2D eigenvalue weighted by molar-refractivity contribution is 0.368. The SMILES string of the molecule is Fc1ccc(-c2noc(Cn3ncc4c(F)cccc43)n2)cc1. The molecule has 0 bridgehead atoms. The van der Waals surface area contributed by atoms with Crippen molar-refractivity contribution >= 4 is 10.9 Å². The van der Waals surface area contributed by atoms with E-state index in [0.717, 1.165) is 0 Å². The van der Waals surface area contributed by atoms with Gasteiger partial charge in [-0.15, -0.1) is 0 Å². The van der Waals surface area contributed by atoms with Crippen molar-refractivity contribution in [2.45, 2.75) is 6.54 Å². The molecule has 23 heavy (non-hydrogen) atoms. The third kappa shape index (κ3) is 2.46. The van der Waals surface area contributed by atoms with Crippen LogP contribution in [0.2, 0.25) is 0 Å². The molecule has 0 fully saturated rings. The molecule has 0 unspecified atom stereocenters. The number of benzene rings is 2. The van der Waals surface area contributed by atoms with Gasteiger partial charge in [0, 0.05) is 5.56 Å². The highest BCUT2D eigenvalue weighted by molar-refractivity contribution is 5.79. The Morgan fingerprint density at radius 2 is 1.87 bits per heavy atom. The van der Waals surface area contributed by atoms with E-state index in [1.54, 1.807) is 28.9 Å². The topological polar surface area (TPSA) is 56.7 Å². The first-order chi connectivity index (χ1) is 11.2. The highest BCUT2D eigenvalue weighted by Gasteiger charge is 2.12. The second-order valence-electron chi connectivity index (χ2n) is 4.99. The van der Waals surface area contributed by atoms with Crippen molar-refractivity contribution in [3.8, 4) is 11.4 Å². The van der Waals surface area contributed by atoms with Crippen molar-refractivity contribution < 1.29 is 13.3 Å². The van der Waals surface area contributed by atoms with Crippen molar-refractivity contribution in [3.63, 3.8) is 0 Å². The van der Waals surface area contributed by atoms with Crippen LogP contribution in [0.3, 0.4) is 0 Å². The number of nitrogens with zero attached hydrogens (tertiary/aromatic N) is 4. The maximum Gasteiger partial charge on any atom is 0.248 e. The fourth-order valence-electron chi connectivity index (χ4n) is 2.36. The summed E-state index contributed by atoms with van der Waals surface area (Å²) in [7, 11) is 0. The second kappa shape index (κ2) is 5.28. The van der Waals surface area contributed by atoms with Crippen molar-refractivity contribution in [1.29, 1.82) is 0 Å². The molecular weight excluding hydrogens is 302 g/mol. The van der Waals surface area contributed by atoms with Gasteiger partial charge in [0.1, 0.15) is 18.2 Å². The smallest absolute Gasteiger partial charge is 0.248 e. The molecule has 4 aromatic rings. The van der Waals surface area contributed by atoms with E-state index in [0.29, 0.717) is 28.2 Å². The van der Waals surface area contributed by atoms with Crippen molar-refractivity contribution in [2.24, 2.45) is 0 Å². The number of hydrogen-bond donors (Lipinski definition) is 0. The molecule has 0 aliphatic carbocycles. The second-order valence-corrected chi connectivity index (χ2v) is 4.99. The first-order valence-electron chi connectivity index (χ1n) is 6.89. The molecule has 0 N–H and O–H groups in total. The summed E-state index contributed by atoms with van der Waals surface area (Å²) >= 11 is 0. The van der Waals surface area contributed by atoms with Crippen LogP contribution in [0.1, 0.15) is 5.89 Å². The maximum atomic E-state index is 13.7. The fraction of sp³-hybridized carbons (Fsp3) is 0.0625. The van der Waals surface area contributed by atoms with Crippen LogP contribution in [-0.4, -0.2) is 19.9 Å². The molecule has 5 nitrogen and oxygen atoms in total. The van der Waals surface area contributed by atoms with Crippen LogP contribution in [0.25, 0.3) is 22.3 Å². The van der Waals surface area contributed by atoms with Crippen LogP contribution >= 0.6 is 0 Å². The van der Waals surface area contributed by atoms with Crippen LogP contribution in [0, 0.1) is 11.6 Å². The van der Waals surface area contributed by atoms with Crippen LogP contribution in [0.5, 0.6) is 0 Å². The molecular formula is C16H10F2N4O. The highest BCUT2D eigenvalue weighted by Crippen LogP contribution is 2.19. The number of fused-ring (bicyclic) bond motifs is 1. The number of aromatic nitrogens is 4. The molecule has 0 aliphatic rings. The fourth-order valence-corrected chi connectivity index (χ4v) is 2.36. The molecule has 0 spiro atoms. The summed E-state index contributed by atoms with van der Waals surface area (Å²) in [6.07, 6.45) is 1.46. The van der Waals surface area contributed by atoms with Crippen molar-refractivity contribution in [1.82, 2.24) is 19.9 Å². The van der Waals surface area contributed by atoms with E-state index < -0.39 is 0 Å². The Balaban J connectivity index is 1.64. The normalized spacial score (nSPS) is 11.2. The van der Waals surface area contributed by atoms with E-state index in [-0.39, 0.29) is 18.2 Å². The van der Waals surface area contributed by atoms with E-state index >= 15 is 0 Å². The molecule has 0 saturated heterocycles. The van der Waals surface area contributed by atoms with Gasteiger partial charge in [-0.2, -0.15) is 10.1 Å². The van der Waals surface area contributed by atoms with Crippen LogP contribution in [0.4, 0.5) is 8.78 Å². The lowest BCUT2D eigenvalue weighted by Gasteiger charge is -1.99. The lowest BCUT2D eigenvalue weighted by atomic mass is 10.2. The van der Waals surface area contributed by atoms with Gasteiger partial charge in [0.2, 0.25) is 11.7 Å². The van der Waals surface area contributed by atoms with E-state index in [4.69, 9.17) is 4.52 Å². The monoisotopic (exact) mass is 312 g/mol. The van der Waals surface area contributed by atoms with Gasteiger partial charge in [-0.1, -0.05) is 11.2 Å². The molecule has 2 heterocycles. The molecule has 7 heteroatoms. The van der Waals surface area contributed by atoms with Gasteiger partial charge in [0.05, 0.1) is 17.1 Å². The number of hydrogen-bond acceptors (Lipinski definition) is 4. The number of rotatable bonds is 3. The zero-order valence-corrected chi connectivity index (χ0v) is 11.8. The van der Waals surface area contributed by atoms with Gasteiger partial charge >= 0.3 is 0 Å². The van der Waals surface area contributed by atoms with Crippen molar-refractivity contribution in [2.75, 3.05) is 0 Å². The Bertz CT molecular complexity index is 975. The summed E-state index contributed by atoms with van der Waals surface area (Å²) in [4.78, 5) is 4.26. The zero-order chi connectivity index (χ0) is 15.8. The minimum atomic E-state index is -0.331. The summed E-state index contributed by atoms with van der Waals surface area (Å²) in [6, 6.07) is 10.6. The van der Waals surface area contributed by atoms with Gasteiger partial charge in [0.25, 0.3) is 0 Å². The first kappa shape index (κ1) is 13.6. The summed E-state index contributed by atoms with van der Waals surface area (Å²) in [5, 5.41) is 8.45. The Morgan fingerprint density at radius 3 is 2.70 bits per heavy atom. The molecule has 0 atom stereocenters. The molecule has 0 amide bonds. The van der Waals surface area contributed by atoms with E-state index in [1.165, 1.54) is 24.4 Å². The summed E-state index contributed by atoms with van der Waals surface area (Å²) in [5.74, 6) is 0.0371. The Morgan fingerprint density at radius 1 is 1.04 bits per heavy atom. The Hall–Kier alpha value is -3.09. The summed E-state index contributed by atoms with van der Waals surface area (Å²) < 4.78 is 33.4. The van der Waals surface area contributed by atoms with Gasteiger partial charge in [-0.05, 0) is 36.4 Å². The quantitative estimate of drug-likeness (QED) is 0.582. The van der Waals surface area contributed by atoms with E-state index in [2.05, 4.69) is 15.2 Å². The molecule has 0 aliphatic heterocycles. The average Bonchev–Trinajstić information content (AvgIpc) is 3.17. The first-order valence-corrected chi connectivity index (χ1v) is 6.89. The van der Waals surface area contributed by atoms with Crippen LogP contribution < -0.4 is 0 Å². The third-order valence-electron chi connectivity index (χ3n) is 3.49. The predicted molar refractivity (Wildman–Crippen MR) is 78.5 cm³/mol. The van der Waals surface area contributed by atoms with Crippen LogP contribution in [0.15, 0.2) is 53.2 Å². The van der Waals surface area contributed by atoms with Gasteiger partial charge in [0.15, 0.2) is 0 Å². The highest BCUT2D eigenvalue weighted by atomic mass is 19.1. The average molecular weight is 312 g/mol. The maximum absolute atomic E-state index is 13.7. The largest absolute Gasteiger partial charge is 0.337 e. The Labute approximate surface area is 129 Å². The van der Waals surface area contributed by atoms with Gasteiger partial charge in [-0.25, -0.2) is 8.78 Å². The summed E-state index contributed by atoms with van der Waals surface area (Å²) in [5.41, 5.74) is 1.30. The molecule has 2 aromatic heterocycles. The van der Waals surface area contributed by atoms with E-state index in [1.807, 2.05) is 0 Å². The molecule has 4 rings (SSSR count). The summed E-state index contributed by atoms with van der Waals surface area (Å²) in [6.45, 7) is 0.223. The molecule has 0 radical (unpaired) electrons. The Kier molecular flexibility index (Phi) is 3.11. The molecule has 114 valence electrons. The minimum absolute atomic E-state index is 0.223. The standard InChI is InChI=1S/C16H10F2N4O/c17-11-6-4-10(5-7-11)16-20-15(23-21-16)9-22-14-3-1-2-13(18)12(14)8-19-22/h1-8H,9H2. The molecule has 2 aromatic carbocycles. The molecule has 0 saturated carbocycles. The van der Waals surface area contributed by atoms with Gasteiger partial charge < -0.3 is 4.52 Å². The minimum Gasteiger partial charge on any atom is -0.337 e. The zero-order valence-electron chi connectivity index (χ0n) is 11.8.